The Bertz CT molecular complexity index is 605. The van der Waals surface area contributed by atoms with Gasteiger partial charge in [-0.1, -0.05) is 69.3 Å². The van der Waals surface area contributed by atoms with Crippen molar-refractivity contribution in [3.63, 3.8) is 0 Å². The van der Waals surface area contributed by atoms with Crippen LogP contribution in [0.3, 0.4) is 0 Å². The third kappa shape index (κ3) is 2.28. The number of hydrogen-bond acceptors (Lipinski definition) is 0. The largest absolute Gasteiger partial charge is 0.0992 e. The molecule has 2 aliphatic carbocycles. The van der Waals surface area contributed by atoms with Crippen LogP contribution in [-0.2, 0) is 0 Å². The second kappa shape index (κ2) is 4.77. The summed E-state index contributed by atoms with van der Waals surface area (Å²) in [5, 5.41) is 0. The quantitative estimate of drug-likeness (QED) is 0.513. The molecule has 2 aliphatic rings. The van der Waals surface area contributed by atoms with Gasteiger partial charge in [-0.15, -0.1) is 0 Å². The Labute approximate surface area is 122 Å². The number of benzene rings is 1. The first-order chi connectivity index (χ1) is 9.47. The van der Waals surface area contributed by atoms with Crippen molar-refractivity contribution in [1.29, 1.82) is 0 Å². The van der Waals surface area contributed by atoms with Gasteiger partial charge < -0.3 is 0 Å². The Morgan fingerprint density at radius 1 is 1.15 bits per heavy atom. The maximum absolute atomic E-state index is 4.22. The maximum atomic E-state index is 4.22. The zero-order valence-corrected chi connectivity index (χ0v) is 12.9. The molecule has 0 radical (unpaired) electrons. The maximum Gasteiger partial charge on any atom is -0.00579 e. The van der Waals surface area contributed by atoms with Crippen molar-refractivity contribution in [1.82, 2.24) is 0 Å². The summed E-state index contributed by atoms with van der Waals surface area (Å²) in [5.74, 6) is 0.605. The third-order valence-corrected chi connectivity index (χ3v) is 4.67. The van der Waals surface area contributed by atoms with Crippen LogP contribution in [0.25, 0.3) is 5.57 Å². The lowest BCUT2D eigenvalue weighted by atomic mass is 9.67. The first kappa shape index (κ1) is 13.4. The zero-order valence-electron chi connectivity index (χ0n) is 12.9. The van der Waals surface area contributed by atoms with Gasteiger partial charge in [-0.05, 0) is 52.9 Å². The Morgan fingerprint density at radius 2 is 1.90 bits per heavy atom. The fourth-order valence-corrected chi connectivity index (χ4v) is 3.54. The van der Waals surface area contributed by atoms with E-state index in [9.17, 15) is 0 Å². The molecular weight excluding hydrogens is 240 g/mol. The van der Waals surface area contributed by atoms with Gasteiger partial charge in [-0.2, -0.15) is 0 Å². The molecule has 3 rings (SSSR count). The molecule has 0 fully saturated rings. The molecule has 1 aromatic carbocycles. The van der Waals surface area contributed by atoms with Crippen molar-refractivity contribution in [3.05, 3.63) is 65.3 Å². The number of rotatable bonds is 0. The summed E-state index contributed by atoms with van der Waals surface area (Å²) in [6, 6.07) is 8.98. The lowest BCUT2D eigenvalue weighted by Crippen LogP contribution is -2.23. The monoisotopic (exact) mass is 264 g/mol. The van der Waals surface area contributed by atoms with Gasteiger partial charge in [-0.3, -0.25) is 0 Å². The van der Waals surface area contributed by atoms with Crippen molar-refractivity contribution in [2.24, 2.45) is 5.41 Å². The summed E-state index contributed by atoms with van der Waals surface area (Å²) in [5.41, 5.74) is 7.66. The summed E-state index contributed by atoms with van der Waals surface area (Å²) >= 11 is 0. The normalized spacial score (nSPS) is 22.4. The molecule has 1 atom stereocenters. The van der Waals surface area contributed by atoms with E-state index in [1.165, 1.54) is 34.3 Å². The van der Waals surface area contributed by atoms with Crippen molar-refractivity contribution in [2.45, 2.75) is 46.0 Å². The molecule has 0 saturated carbocycles. The minimum absolute atomic E-state index is 0.297. The highest BCUT2D eigenvalue weighted by molar-refractivity contribution is 5.78. The average Bonchev–Trinajstić information content (AvgIpc) is 2.57. The van der Waals surface area contributed by atoms with Crippen molar-refractivity contribution < 1.29 is 0 Å². The van der Waals surface area contributed by atoms with E-state index in [-0.39, 0.29) is 0 Å². The van der Waals surface area contributed by atoms with E-state index < -0.39 is 0 Å². The van der Waals surface area contributed by atoms with Crippen LogP contribution in [0.1, 0.15) is 57.1 Å². The van der Waals surface area contributed by atoms with Crippen LogP contribution in [0, 0.1) is 5.41 Å². The van der Waals surface area contributed by atoms with Crippen LogP contribution in [0.2, 0.25) is 0 Å². The van der Waals surface area contributed by atoms with Crippen molar-refractivity contribution >= 4 is 5.57 Å². The Hall–Kier alpha value is -1.56. The zero-order chi connectivity index (χ0) is 14.3. The molecular formula is C20H24. The Balaban J connectivity index is 2.17. The number of fused-ring (bicyclic) bond motifs is 2. The summed E-state index contributed by atoms with van der Waals surface area (Å²) in [6.07, 6.45) is 7.87. The predicted octanol–water partition coefficient (Wildman–Crippen LogP) is 5.88. The van der Waals surface area contributed by atoms with Gasteiger partial charge in [0.1, 0.15) is 0 Å². The van der Waals surface area contributed by atoms with Crippen molar-refractivity contribution in [3.8, 4) is 0 Å². The average molecular weight is 264 g/mol. The predicted molar refractivity (Wildman–Crippen MR) is 87.7 cm³/mol. The fourth-order valence-electron chi connectivity index (χ4n) is 3.54. The lowest BCUT2D eigenvalue weighted by molar-refractivity contribution is 0.316. The second-order valence-electron chi connectivity index (χ2n) is 7.25. The molecule has 0 spiro atoms. The minimum Gasteiger partial charge on any atom is -0.0992 e. The van der Waals surface area contributed by atoms with Gasteiger partial charge >= 0.3 is 0 Å². The van der Waals surface area contributed by atoms with E-state index in [0.29, 0.717) is 11.3 Å². The molecule has 0 amide bonds. The molecule has 0 nitrogen and oxygen atoms in total. The van der Waals surface area contributed by atoms with Gasteiger partial charge in [0, 0.05) is 0 Å². The Morgan fingerprint density at radius 3 is 2.65 bits per heavy atom. The lowest BCUT2D eigenvalue weighted by Gasteiger charge is -2.37. The minimum atomic E-state index is 0.297. The number of hydrogen-bond donors (Lipinski definition) is 0. The smallest absolute Gasteiger partial charge is 0.00579 e. The first-order valence-corrected chi connectivity index (χ1v) is 7.61. The third-order valence-electron chi connectivity index (χ3n) is 4.67. The molecule has 0 bridgehead atoms. The molecule has 0 aliphatic heterocycles. The van der Waals surface area contributed by atoms with Gasteiger partial charge in [0.15, 0.2) is 0 Å². The highest BCUT2D eigenvalue weighted by atomic mass is 14.4. The summed E-state index contributed by atoms with van der Waals surface area (Å²) in [6.45, 7) is 11.3. The highest BCUT2D eigenvalue weighted by Crippen LogP contribution is 2.49. The van der Waals surface area contributed by atoms with Crippen LogP contribution < -0.4 is 0 Å². The first-order valence-electron chi connectivity index (χ1n) is 7.61. The SMILES string of the molecule is C=C1CC=CC2=C(C1)c1ccccc1C(C(C)(C)C)C2. The summed E-state index contributed by atoms with van der Waals surface area (Å²) in [7, 11) is 0. The van der Waals surface area contributed by atoms with Gasteiger partial charge in [0.05, 0.1) is 0 Å². The molecule has 0 heteroatoms. The van der Waals surface area contributed by atoms with Crippen LogP contribution in [0.5, 0.6) is 0 Å². The molecule has 0 saturated heterocycles. The van der Waals surface area contributed by atoms with E-state index >= 15 is 0 Å². The van der Waals surface area contributed by atoms with E-state index in [0.717, 1.165) is 12.8 Å². The molecule has 1 unspecified atom stereocenters. The van der Waals surface area contributed by atoms with E-state index in [2.05, 4.69) is 63.8 Å². The van der Waals surface area contributed by atoms with Crippen LogP contribution in [0.15, 0.2) is 54.1 Å². The molecule has 104 valence electrons. The second-order valence-corrected chi connectivity index (χ2v) is 7.25. The van der Waals surface area contributed by atoms with E-state index in [1.807, 2.05) is 0 Å². The van der Waals surface area contributed by atoms with Crippen LogP contribution in [-0.4, -0.2) is 0 Å². The van der Waals surface area contributed by atoms with Gasteiger partial charge in [-0.25, -0.2) is 0 Å². The molecule has 0 N–H and O–H groups in total. The summed E-state index contributed by atoms with van der Waals surface area (Å²) < 4.78 is 0. The number of allylic oxidation sites excluding steroid dienone is 5. The molecule has 0 heterocycles. The van der Waals surface area contributed by atoms with E-state index in [1.54, 1.807) is 0 Å². The van der Waals surface area contributed by atoms with Crippen LogP contribution in [0.4, 0.5) is 0 Å². The standard InChI is InChI=1S/C20H24/c1-14-8-7-9-15-13-19(20(2,3)4)17-11-6-5-10-16(17)18(15)12-14/h5-7,9-11,19H,1,8,12-13H2,2-4H3. The molecule has 1 aromatic rings. The van der Waals surface area contributed by atoms with Gasteiger partial charge in [0.2, 0.25) is 0 Å². The Kier molecular flexibility index (Phi) is 3.20. The topological polar surface area (TPSA) is 0 Å². The summed E-state index contributed by atoms with van der Waals surface area (Å²) in [4.78, 5) is 0. The van der Waals surface area contributed by atoms with Crippen LogP contribution >= 0.6 is 0 Å². The van der Waals surface area contributed by atoms with E-state index in [4.69, 9.17) is 0 Å². The molecule has 20 heavy (non-hydrogen) atoms. The molecule has 0 aromatic heterocycles. The van der Waals surface area contributed by atoms with Gasteiger partial charge in [0.25, 0.3) is 0 Å². The highest BCUT2D eigenvalue weighted by Gasteiger charge is 2.33. The van der Waals surface area contributed by atoms with Crippen molar-refractivity contribution in [2.75, 3.05) is 0 Å². The fraction of sp³-hybridized carbons (Fsp3) is 0.400.